The van der Waals surface area contributed by atoms with Gasteiger partial charge in [0.2, 0.25) is 0 Å². The van der Waals surface area contributed by atoms with Gasteiger partial charge in [0.05, 0.1) is 5.56 Å². The molecule has 0 aromatic heterocycles. The number of nitrogens with zero attached hydrogens (tertiary/aromatic N) is 1. The first kappa shape index (κ1) is 16.5. The van der Waals surface area contributed by atoms with Crippen LogP contribution in [-0.4, -0.2) is 37.0 Å². The van der Waals surface area contributed by atoms with E-state index in [9.17, 15) is 4.79 Å². The summed E-state index contributed by atoms with van der Waals surface area (Å²) in [6.45, 7) is 0.722. The lowest BCUT2D eigenvalue weighted by Gasteiger charge is -2.39. The Morgan fingerprint density at radius 3 is 2.38 bits per heavy atom. The molecule has 0 aliphatic heterocycles. The van der Waals surface area contributed by atoms with Gasteiger partial charge in [-0.05, 0) is 55.0 Å². The van der Waals surface area contributed by atoms with Crippen molar-refractivity contribution in [2.45, 2.75) is 44.1 Å². The first-order valence-corrected chi connectivity index (χ1v) is 8.55. The maximum atomic E-state index is 12.4. The highest BCUT2D eigenvalue weighted by Crippen LogP contribution is 2.30. The van der Waals surface area contributed by atoms with Crippen LogP contribution in [0.2, 0.25) is 0 Å². The SMILES string of the molecule is CN(C)C1(CNC(=O)c2ccccc2Br)CCCCCC1. The Morgan fingerprint density at radius 1 is 1.19 bits per heavy atom. The van der Waals surface area contributed by atoms with E-state index in [2.05, 4.69) is 40.2 Å². The van der Waals surface area contributed by atoms with Gasteiger partial charge in [0.1, 0.15) is 0 Å². The van der Waals surface area contributed by atoms with E-state index in [0.717, 1.165) is 23.9 Å². The van der Waals surface area contributed by atoms with Crippen molar-refractivity contribution in [1.82, 2.24) is 10.2 Å². The number of rotatable bonds is 4. The molecule has 0 bridgehead atoms. The summed E-state index contributed by atoms with van der Waals surface area (Å²) in [5.41, 5.74) is 0.813. The Labute approximate surface area is 136 Å². The van der Waals surface area contributed by atoms with Gasteiger partial charge in [-0.2, -0.15) is 0 Å². The number of hydrogen-bond donors (Lipinski definition) is 1. The maximum Gasteiger partial charge on any atom is 0.252 e. The van der Waals surface area contributed by atoms with Crippen LogP contribution in [0.25, 0.3) is 0 Å². The molecule has 0 spiro atoms. The predicted octanol–water partition coefficient (Wildman–Crippen LogP) is 3.83. The van der Waals surface area contributed by atoms with E-state index < -0.39 is 0 Å². The molecular weight excluding hydrogens is 328 g/mol. The van der Waals surface area contributed by atoms with Crippen molar-refractivity contribution < 1.29 is 4.79 Å². The summed E-state index contributed by atoms with van der Waals surface area (Å²) in [6, 6.07) is 7.58. The minimum atomic E-state index is 0.00736. The molecule has 1 aromatic rings. The fourth-order valence-electron chi connectivity index (χ4n) is 3.15. The molecule has 1 N–H and O–H groups in total. The number of hydrogen-bond acceptors (Lipinski definition) is 2. The van der Waals surface area contributed by atoms with Crippen LogP contribution < -0.4 is 5.32 Å². The van der Waals surface area contributed by atoms with Crippen LogP contribution in [-0.2, 0) is 0 Å². The summed E-state index contributed by atoms with van der Waals surface area (Å²) >= 11 is 3.45. The molecule has 1 aromatic carbocycles. The van der Waals surface area contributed by atoms with Crippen molar-refractivity contribution in [2.24, 2.45) is 0 Å². The molecule has 4 heteroatoms. The second kappa shape index (κ2) is 7.41. The average molecular weight is 353 g/mol. The lowest BCUT2D eigenvalue weighted by molar-refractivity contribution is 0.0868. The predicted molar refractivity (Wildman–Crippen MR) is 90.6 cm³/mol. The highest BCUT2D eigenvalue weighted by molar-refractivity contribution is 9.10. The number of amides is 1. The Morgan fingerprint density at radius 2 is 1.81 bits per heavy atom. The minimum Gasteiger partial charge on any atom is -0.350 e. The third kappa shape index (κ3) is 4.07. The molecule has 0 saturated heterocycles. The van der Waals surface area contributed by atoms with Crippen LogP contribution >= 0.6 is 15.9 Å². The van der Waals surface area contributed by atoms with Gasteiger partial charge in [0.15, 0.2) is 0 Å². The van der Waals surface area contributed by atoms with E-state index in [1.165, 1.54) is 25.7 Å². The van der Waals surface area contributed by atoms with Crippen molar-refractivity contribution in [3.8, 4) is 0 Å². The third-order valence-corrected chi connectivity index (χ3v) is 5.37. The largest absolute Gasteiger partial charge is 0.350 e. The standard InChI is InChI=1S/C17H25BrN2O/c1-20(2)17(11-7-3-4-8-12-17)13-19-16(21)14-9-5-6-10-15(14)18/h5-6,9-10H,3-4,7-8,11-13H2,1-2H3,(H,19,21). The van der Waals surface area contributed by atoms with Crippen LogP contribution in [0.3, 0.4) is 0 Å². The first-order valence-electron chi connectivity index (χ1n) is 7.75. The molecule has 0 heterocycles. The highest BCUT2D eigenvalue weighted by Gasteiger charge is 2.33. The van der Waals surface area contributed by atoms with Crippen LogP contribution in [0.1, 0.15) is 48.9 Å². The van der Waals surface area contributed by atoms with E-state index in [-0.39, 0.29) is 11.4 Å². The number of halogens is 1. The molecule has 1 amide bonds. The minimum absolute atomic E-state index is 0.00736. The first-order chi connectivity index (χ1) is 10.1. The van der Waals surface area contributed by atoms with Crippen LogP contribution in [0.5, 0.6) is 0 Å². The molecule has 1 aliphatic carbocycles. The Hall–Kier alpha value is -0.870. The number of likely N-dealkylation sites (N-methyl/N-ethyl adjacent to an activating group) is 1. The molecule has 1 aliphatic rings. The molecular formula is C17H25BrN2O. The zero-order valence-corrected chi connectivity index (χ0v) is 14.6. The highest BCUT2D eigenvalue weighted by atomic mass is 79.9. The summed E-state index contributed by atoms with van der Waals surface area (Å²) in [4.78, 5) is 14.7. The summed E-state index contributed by atoms with van der Waals surface area (Å²) in [5.74, 6) is 0.00736. The Bertz CT molecular complexity index is 479. The van der Waals surface area contributed by atoms with E-state index in [1.54, 1.807) is 0 Å². The normalized spacial score (nSPS) is 18.3. The number of benzene rings is 1. The van der Waals surface area contributed by atoms with Crippen molar-refractivity contribution in [3.05, 3.63) is 34.3 Å². The number of carbonyl (C=O) groups is 1. The van der Waals surface area contributed by atoms with Gasteiger partial charge in [-0.3, -0.25) is 4.79 Å². The molecule has 1 saturated carbocycles. The quantitative estimate of drug-likeness (QED) is 0.835. The van der Waals surface area contributed by atoms with Crippen molar-refractivity contribution in [2.75, 3.05) is 20.6 Å². The molecule has 0 atom stereocenters. The van der Waals surface area contributed by atoms with E-state index in [1.807, 2.05) is 24.3 Å². The van der Waals surface area contributed by atoms with Gasteiger partial charge in [-0.1, -0.05) is 37.8 Å². The molecule has 1 fully saturated rings. The molecule has 116 valence electrons. The van der Waals surface area contributed by atoms with Crippen molar-refractivity contribution in [1.29, 1.82) is 0 Å². The molecule has 2 rings (SSSR count). The lowest BCUT2D eigenvalue weighted by Crippen LogP contribution is -2.52. The van der Waals surface area contributed by atoms with Crippen molar-refractivity contribution >= 4 is 21.8 Å². The van der Waals surface area contributed by atoms with Crippen LogP contribution in [0, 0.1) is 0 Å². The number of nitrogens with one attached hydrogen (secondary N) is 1. The topological polar surface area (TPSA) is 32.3 Å². The van der Waals surface area contributed by atoms with Gasteiger partial charge in [0.25, 0.3) is 5.91 Å². The zero-order chi connectivity index (χ0) is 15.3. The smallest absolute Gasteiger partial charge is 0.252 e. The van der Waals surface area contributed by atoms with Gasteiger partial charge in [-0.15, -0.1) is 0 Å². The Balaban J connectivity index is 2.05. The third-order valence-electron chi connectivity index (χ3n) is 4.68. The molecule has 3 nitrogen and oxygen atoms in total. The summed E-state index contributed by atoms with van der Waals surface area (Å²) < 4.78 is 0.849. The fraction of sp³-hybridized carbons (Fsp3) is 0.588. The molecule has 21 heavy (non-hydrogen) atoms. The summed E-state index contributed by atoms with van der Waals surface area (Å²) in [6.07, 6.45) is 7.46. The second-order valence-electron chi connectivity index (χ2n) is 6.20. The average Bonchev–Trinajstić information content (AvgIpc) is 2.72. The van der Waals surface area contributed by atoms with Gasteiger partial charge in [-0.25, -0.2) is 0 Å². The summed E-state index contributed by atoms with van der Waals surface area (Å²) in [5, 5.41) is 3.15. The van der Waals surface area contributed by atoms with Crippen LogP contribution in [0.15, 0.2) is 28.7 Å². The maximum absolute atomic E-state index is 12.4. The zero-order valence-electron chi connectivity index (χ0n) is 13.0. The molecule has 0 unspecified atom stereocenters. The van der Waals surface area contributed by atoms with E-state index >= 15 is 0 Å². The monoisotopic (exact) mass is 352 g/mol. The fourth-order valence-corrected chi connectivity index (χ4v) is 3.62. The second-order valence-corrected chi connectivity index (χ2v) is 7.05. The van der Waals surface area contributed by atoms with Crippen molar-refractivity contribution in [3.63, 3.8) is 0 Å². The van der Waals surface area contributed by atoms with E-state index in [0.29, 0.717) is 5.56 Å². The van der Waals surface area contributed by atoms with Gasteiger partial charge >= 0.3 is 0 Å². The van der Waals surface area contributed by atoms with E-state index in [4.69, 9.17) is 0 Å². The Kier molecular flexibility index (Phi) is 5.82. The summed E-state index contributed by atoms with van der Waals surface area (Å²) in [7, 11) is 4.27. The lowest BCUT2D eigenvalue weighted by atomic mass is 9.88. The van der Waals surface area contributed by atoms with Gasteiger partial charge < -0.3 is 10.2 Å². The molecule has 0 radical (unpaired) electrons. The number of carbonyl (C=O) groups excluding carboxylic acids is 1. The van der Waals surface area contributed by atoms with Gasteiger partial charge in [0, 0.05) is 16.6 Å². The van der Waals surface area contributed by atoms with Crippen LogP contribution in [0.4, 0.5) is 0 Å².